The molecular weight excluding hydrogens is 242 g/mol. The zero-order valence-corrected chi connectivity index (χ0v) is 11.3. The number of aliphatic hydroxyl groups is 1. The third kappa shape index (κ3) is 1.75. The van der Waals surface area contributed by atoms with E-state index in [1.807, 2.05) is 38.1 Å². The summed E-state index contributed by atoms with van der Waals surface area (Å²) in [6.45, 7) is 3.84. The first-order valence-electron chi connectivity index (χ1n) is 6.39. The fourth-order valence-corrected chi connectivity index (χ4v) is 2.78. The van der Waals surface area contributed by atoms with E-state index in [0.29, 0.717) is 17.7 Å². The number of aromatic nitrogens is 1. The van der Waals surface area contributed by atoms with E-state index in [-0.39, 0.29) is 5.56 Å². The zero-order chi connectivity index (χ0) is 13.8. The standard InChI is InChI=1S/C15H17NO3/c1-15(2)8-11(17)12-13(19-15)9-6-4-5-7-10(9)16(3)14(12)18/h4-7,11,17H,8H2,1-3H3/t11-/m1/s1. The Bertz CT molecular complexity index is 715. The quantitative estimate of drug-likeness (QED) is 0.788. The van der Waals surface area contributed by atoms with Gasteiger partial charge in [-0.15, -0.1) is 0 Å². The van der Waals surface area contributed by atoms with Gasteiger partial charge in [-0.2, -0.15) is 0 Å². The first-order chi connectivity index (χ1) is 8.91. The molecule has 4 heteroatoms. The van der Waals surface area contributed by atoms with Crippen LogP contribution in [0.1, 0.15) is 31.9 Å². The highest BCUT2D eigenvalue weighted by molar-refractivity contribution is 5.87. The molecule has 0 bridgehead atoms. The predicted octanol–water partition coefficient (Wildman–Crippen LogP) is 2.13. The van der Waals surface area contributed by atoms with Gasteiger partial charge in [-0.25, -0.2) is 0 Å². The summed E-state index contributed by atoms with van der Waals surface area (Å²) in [6, 6.07) is 7.60. The average molecular weight is 259 g/mol. The molecule has 100 valence electrons. The van der Waals surface area contributed by atoms with Crippen LogP contribution >= 0.6 is 0 Å². The lowest BCUT2D eigenvalue weighted by Crippen LogP contribution is -2.39. The third-order valence-corrected chi connectivity index (χ3v) is 3.69. The molecule has 0 radical (unpaired) electrons. The van der Waals surface area contributed by atoms with Gasteiger partial charge in [-0.3, -0.25) is 4.79 Å². The Morgan fingerprint density at radius 3 is 2.79 bits per heavy atom. The van der Waals surface area contributed by atoms with Crippen LogP contribution in [0.5, 0.6) is 5.75 Å². The minimum atomic E-state index is -0.776. The van der Waals surface area contributed by atoms with Crippen molar-refractivity contribution in [2.24, 2.45) is 7.05 Å². The van der Waals surface area contributed by atoms with Crippen LogP contribution in [0.25, 0.3) is 10.9 Å². The highest BCUT2D eigenvalue weighted by atomic mass is 16.5. The molecule has 0 aliphatic carbocycles. The van der Waals surface area contributed by atoms with E-state index >= 15 is 0 Å². The number of para-hydroxylation sites is 1. The molecule has 1 aromatic heterocycles. The number of nitrogens with zero attached hydrogens (tertiary/aromatic N) is 1. The normalized spacial score (nSPS) is 20.9. The Kier molecular flexibility index (Phi) is 2.47. The summed E-state index contributed by atoms with van der Waals surface area (Å²) in [5.74, 6) is 0.530. The Morgan fingerprint density at radius 2 is 2.05 bits per heavy atom. The summed E-state index contributed by atoms with van der Waals surface area (Å²) in [5.41, 5.74) is 0.537. The maximum atomic E-state index is 12.4. The second-order valence-corrected chi connectivity index (χ2v) is 5.71. The average Bonchev–Trinajstić information content (AvgIpc) is 2.34. The molecule has 1 atom stereocenters. The fraction of sp³-hybridized carbons (Fsp3) is 0.400. The molecule has 1 aliphatic rings. The van der Waals surface area contributed by atoms with Crippen molar-refractivity contribution in [2.45, 2.75) is 32.0 Å². The van der Waals surface area contributed by atoms with Gasteiger partial charge >= 0.3 is 0 Å². The zero-order valence-electron chi connectivity index (χ0n) is 11.3. The molecule has 0 saturated carbocycles. The first kappa shape index (κ1) is 12.2. The molecule has 0 amide bonds. The highest BCUT2D eigenvalue weighted by Crippen LogP contribution is 2.41. The molecule has 0 saturated heterocycles. The van der Waals surface area contributed by atoms with E-state index in [2.05, 4.69) is 0 Å². The summed E-state index contributed by atoms with van der Waals surface area (Å²) in [7, 11) is 1.72. The molecule has 3 rings (SSSR count). The molecule has 1 aromatic carbocycles. The van der Waals surface area contributed by atoms with Crippen LogP contribution in [-0.4, -0.2) is 15.3 Å². The number of hydrogen-bond acceptors (Lipinski definition) is 3. The van der Waals surface area contributed by atoms with Crippen molar-refractivity contribution in [3.63, 3.8) is 0 Å². The van der Waals surface area contributed by atoms with Crippen molar-refractivity contribution < 1.29 is 9.84 Å². The van der Waals surface area contributed by atoms with Crippen LogP contribution in [0, 0.1) is 0 Å². The van der Waals surface area contributed by atoms with Crippen LogP contribution in [0.3, 0.4) is 0 Å². The summed E-state index contributed by atoms with van der Waals surface area (Å²) in [5, 5.41) is 11.1. The second-order valence-electron chi connectivity index (χ2n) is 5.71. The number of hydrogen-bond donors (Lipinski definition) is 1. The van der Waals surface area contributed by atoms with E-state index in [4.69, 9.17) is 4.74 Å². The maximum Gasteiger partial charge on any atom is 0.260 e. The Hall–Kier alpha value is -1.81. The van der Waals surface area contributed by atoms with Crippen molar-refractivity contribution in [1.82, 2.24) is 4.57 Å². The number of rotatable bonds is 0. The lowest BCUT2D eigenvalue weighted by atomic mass is 9.91. The van der Waals surface area contributed by atoms with Gasteiger partial charge in [0.15, 0.2) is 0 Å². The number of aliphatic hydroxyl groups excluding tert-OH is 1. The van der Waals surface area contributed by atoms with Crippen LogP contribution in [0.15, 0.2) is 29.1 Å². The monoisotopic (exact) mass is 259 g/mol. The smallest absolute Gasteiger partial charge is 0.260 e. The summed E-state index contributed by atoms with van der Waals surface area (Å²) < 4.78 is 7.53. The number of benzene rings is 1. The van der Waals surface area contributed by atoms with Gasteiger partial charge in [0.1, 0.15) is 11.4 Å². The van der Waals surface area contributed by atoms with Gasteiger partial charge in [0.2, 0.25) is 0 Å². The van der Waals surface area contributed by atoms with E-state index in [0.717, 1.165) is 10.9 Å². The molecule has 2 aromatic rings. The molecule has 2 heterocycles. The Morgan fingerprint density at radius 1 is 1.37 bits per heavy atom. The van der Waals surface area contributed by atoms with Crippen LogP contribution < -0.4 is 10.3 Å². The minimum Gasteiger partial charge on any atom is -0.486 e. The number of fused-ring (bicyclic) bond motifs is 3. The second kappa shape index (κ2) is 3.84. The highest BCUT2D eigenvalue weighted by Gasteiger charge is 2.36. The molecule has 0 spiro atoms. The SMILES string of the molecule is Cn1c(=O)c2c(c3ccccc31)OC(C)(C)C[C@H]2O. The summed E-state index contributed by atoms with van der Waals surface area (Å²) in [6.07, 6.45) is -0.352. The molecule has 4 nitrogen and oxygen atoms in total. The van der Waals surface area contributed by atoms with Crippen molar-refractivity contribution >= 4 is 10.9 Å². The van der Waals surface area contributed by atoms with E-state index in [1.54, 1.807) is 11.6 Å². The van der Waals surface area contributed by atoms with Gasteiger partial charge in [-0.05, 0) is 26.0 Å². The van der Waals surface area contributed by atoms with Gasteiger partial charge in [0.25, 0.3) is 5.56 Å². The summed E-state index contributed by atoms with van der Waals surface area (Å²) in [4.78, 5) is 12.4. The predicted molar refractivity (Wildman–Crippen MR) is 73.5 cm³/mol. The van der Waals surface area contributed by atoms with Crippen LogP contribution in [0.2, 0.25) is 0 Å². The number of pyridine rings is 1. The van der Waals surface area contributed by atoms with Crippen LogP contribution in [0.4, 0.5) is 0 Å². The van der Waals surface area contributed by atoms with Crippen molar-refractivity contribution in [3.05, 3.63) is 40.2 Å². The minimum absolute atomic E-state index is 0.184. The lowest BCUT2D eigenvalue weighted by molar-refractivity contribution is 0.0117. The Balaban J connectivity index is 2.44. The van der Waals surface area contributed by atoms with E-state index < -0.39 is 11.7 Å². The van der Waals surface area contributed by atoms with Crippen molar-refractivity contribution in [1.29, 1.82) is 0 Å². The van der Waals surface area contributed by atoms with Gasteiger partial charge in [0.05, 0.1) is 17.2 Å². The lowest BCUT2D eigenvalue weighted by Gasteiger charge is -2.36. The molecule has 1 N–H and O–H groups in total. The van der Waals surface area contributed by atoms with Crippen LogP contribution in [-0.2, 0) is 7.05 Å². The molecule has 0 fully saturated rings. The van der Waals surface area contributed by atoms with Crippen molar-refractivity contribution in [3.8, 4) is 5.75 Å². The molecule has 1 aliphatic heterocycles. The number of ether oxygens (including phenoxy) is 1. The van der Waals surface area contributed by atoms with Gasteiger partial charge < -0.3 is 14.4 Å². The van der Waals surface area contributed by atoms with E-state index in [1.165, 1.54) is 0 Å². The third-order valence-electron chi connectivity index (χ3n) is 3.69. The fourth-order valence-electron chi connectivity index (χ4n) is 2.78. The molecule has 19 heavy (non-hydrogen) atoms. The largest absolute Gasteiger partial charge is 0.486 e. The number of aryl methyl sites for hydroxylation is 1. The summed E-state index contributed by atoms with van der Waals surface area (Å²) >= 11 is 0. The van der Waals surface area contributed by atoms with Gasteiger partial charge in [0, 0.05) is 18.9 Å². The molecular formula is C15H17NO3. The van der Waals surface area contributed by atoms with E-state index in [9.17, 15) is 9.90 Å². The maximum absolute atomic E-state index is 12.4. The van der Waals surface area contributed by atoms with Gasteiger partial charge in [-0.1, -0.05) is 12.1 Å². The Labute approximate surface area is 111 Å². The topological polar surface area (TPSA) is 51.5 Å². The first-order valence-corrected chi connectivity index (χ1v) is 6.39. The molecule has 0 unspecified atom stereocenters. The van der Waals surface area contributed by atoms with Crippen molar-refractivity contribution in [2.75, 3.05) is 0 Å².